The smallest absolute Gasteiger partial charge is 0.167 e. The fourth-order valence-corrected chi connectivity index (χ4v) is 3.55. The molecule has 3 aromatic rings. The second-order valence-corrected chi connectivity index (χ2v) is 6.88. The number of benzene rings is 1. The number of anilines is 1. The Kier molecular flexibility index (Phi) is 5.69. The molecule has 1 aliphatic heterocycles. The predicted molar refractivity (Wildman–Crippen MR) is 103 cm³/mol. The van der Waals surface area contributed by atoms with E-state index in [1.54, 1.807) is 0 Å². The first kappa shape index (κ1) is 19.7. The van der Waals surface area contributed by atoms with Crippen molar-refractivity contribution >= 4 is 17.0 Å². The Bertz CT molecular complexity index is 953. The van der Waals surface area contributed by atoms with E-state index < -0.39 is 31.1 Å². The van der Waals surface area contributed by atoms with E-state index >= 15 is 0 Å². The summed E-state index contributed by atoms with van der Waals surface area (Å²) in [6.07, 6.45) is -1.43. The van der Waals surface area contributed by atoms with Crippen LogP contribution in [0.25, 0.3) is 11.2 Å². The normalized spacial score (nSPS) is 24.3. The van der Waals surface area contributed by atoms with Gasteiger partial charge in [-0.15, -0.1) is 0 Å². The SMILES string of the molecule is OCCN(Cc1ccccc1)c1ncnc2c1ncn2[C@@H]1O[C@H](CO)[C@@H](O)[C@H]1O. The standard InChI is InChI=1S/C19H23N5O5/c25-7-6-23(8-12-4-2-1-3-5-12)17-14-18(21-10-20-17)24(11-22-14)19-16(28)15(27)13(9-26)29-19/h1-5,10-11,13,15-16,19,25-28H,6-9H2/t13-,15-,16-,19-/m1/s1. The van der Waals surface area contributed by atoms with E-state index in [0.717, 1.165) is 5.56 Å². The molecule has 1 saturated heterocycles. The molecule has 0 saturated carbocycles. The van der Waals surface area contributed by atoms with Gasteiger partial charge in [-0.05, 0) is 5.56 Å². The zero-order chi connectivity index (χ0) is 20.4. The molecule has 3 heterocycles. The fourth-order valence-electron chi connectivity index (χ4n) is 3.55. The first-order valence-electron chi connectivity index (χ1n) is 9.33. The molecule has 1 aromatic carbocycles. The maximum Gasteiger partial charge on any atom is 0.167 e. The van der Waals surface area contributed by atoms with Crippen molar-refractivity contribution in [3.63, 3.8) is 0 Å². The van der Waals surface area contributed by atoms with E-state index in [1.165, 1.54) is 17.2 Å². The maximum atomic E-state index is 10.3. The summed E-state index contributed by atoms with van der Waals surface area (Å²) in [5, 5.41) is 39.2. The first-order chi connectivity index (χ1) is 14.1. The molecule has 10 nitrogen and oxygen atoms in total. The molecule has 154 valence electrons. The van der Waals surface area contributed by atoms with Gasteiger partial charge in [0, 0.05) is 13.1 Å². The lowest BCUT2D eigenvalue weighted by molar-refractivity contribution is -0.0511. The molecule has 10 heteroatoms. The number of aliphatic hydroxyl groups excluding tert-OH is 4. The number of ether oxygens (including phenoxy) is 1. The van der Waals surface area contributed by atoms with Crippen LogP contribution < -0.4 is 4.90 Å². The average Bonchev–Trinajstić information content (AvgIpc) is 3.29. The van der Waals surface area contributed by atoms with Gasteiger partial charge >= 0.3 is 0 Å². The molecule has 0 unspecified atom stereocenters. The van der Waals surface area contributed by atoms with Crippen LogP contribution in [0.3, 0.4) is 0 Å². The zero-order valence-electron chi connectivity index (χ0n) is 15.6. The van der Waals surface area contributed by atoms with Crippen molar-refractivity contribution in [2.75, 3.05) is 24.7 Å². The summed E-state index contributed by atoms with van der Waals surface area (Å²) in [6, 6.07) is 9.79. The lowest BCUT2D eigenvalue weighted by Crippen LogP contribution is -2.33. The van der Waals surface area contributed by atoms with Crippen LogP contribution >= 0.6 is 0 Å². The average molecular weight is 401 g/mol. The van der Waals surface area contributed by atoms with Gasteiger partial charge in [0.1, 0.15) is 24.6 Å². The molecular formula is C19H23N5O5. The van der Waals surface area contributed by atoms with Gasteiger partial charge in [-0.1, -0.05) is 30.3 Å². The second kappa shape index (κ2) is 8.39. The van der Waals surface area contributed by atoms with Crippen molar-refractivity contribution in [3.8, 4) is 0 Å². The van der Waals surface area contributed by atoms with Crippen molar-refractivity contribution in [1.29, 1.82) is 0 Å². The summed E-state index contributed by atoms with van der Waals surface area (Å²) in [6.45, 7) is 0.396. The van der Waals surface area contributed by atoms with Crippen molar-refractivity contribution in [3.05, 3.63) is 48.5 Å². The van der Waals surface area contributed by atoms with E-state index in [0.29, 0.717) is 30.1 Å². The van der Waals surface area contributed by atoms with Crippen LogP contribution in [0.15, 0.2) is 43.0 Å². The number of imidazole rings is 1. The van der Waals surface area contributed by atoms with Gasteiger partial charge in [-0.2, -0.15) is 0 Å². The van der Waals surface area contributed by atoms with E-state index in [4.69, 9.17) is 4.74 Å². The summed E-state index contributed by atoms with van der Waals surface area (Å²) in [4.78, 5) is 14.9. The fraction of sp³-hybridized carbons (Fsp3) is 0.421. The number of aliphatic hydroxyl groups is 4. The summed E-state index contributed by atoms with van der Waals surface area (Å²) in [7, 11) is 0. The van der Waals surface area contributed by atoms with Crippen molar-refractivity contribution < 1.29 is 25.2 Å². The highest BCUT2D eigenvalue weighted by molar-refractivity contribution is 5.83. The maximum absolute atomic E-state index is 10.3. The molecule has 29 heavy (non-hydrogen) atoms. The quantitative estimate of drug-likeness (QED) is 0.410. The van der Waals surface area contributed by atoms with Crippen LogP contribution in [-0.4, -0.2) is 78.0 Å². The Hall–Kier alpha value is -2.63. The van der Waals surface area contributed by atoms with Crippen LogP contribution in [-0.2, 0) is 11.3 Å². The Morgan fingerprint density at radius 2 is 1.83 bits per heavy atom. The number of aromatic nitrogens is 4. The largest absolute Gasteiger partial charge is 0.395 e. The molecule has 0 bridgehead atoms. The topological polar surface area (TPSA) is 137 Å². The van der Waals surface area contributed by atoms with Crippen molar-refractivity contribution in [2.24, 2.45) is 0 Å². The van der Waals surface area contributed by atoms with Crippen molar-refractivity contribution in [2.45, 2.75) is 31.1 Å². The van der Waals surface area contributed by atoms with Crippen LogP contribution in [0.2, 0.25) is 0 Å². The molecule has 0 aliphatic carbocycles. The number of hydrogen-bond donors (Lipinski definition) is 4. The highest BCUT2D eigenvalue weighted by Crippen LogP contribution is 2.32. The Morgan fingerprint density at radius 1 is 1.03 bits per heavy atom. The van der Waals surface area contributed by atoms with Gasteiger partial charge in [0.05, 0.1) is 19.5 Å². The third-order valence-corrected chi connectivity index (χ3v) is 5.02. The second-order valence-electron chi connectivity index (χ2n) is 6.88. The number of rotatable bonds is 7. The Balaban J connectivity index is 1.69. The highest BCUT2D eigenvalue weighted by Gasteiger charge is 2.44. The molecule has 1 aliphatic rings. The van der Waals surface area contributed by atoms with E-state index in [9.17, 15) is 20.4 Å². The molecule has 0 radical (unpaired) electrons. The minimum absolute atomic E-state index is 0.0616. The van der Waals surface area contributed by atoms with Gasteiger partial charge in [0.25, 0.3) is 0 Å². The van der Waals surface area contributed by atoms with Crippen LogP contribution in [0.4, 0.5) is 5.82 Å². The number of nitrogens with zero attached hydrogens (tertiary/aromatic N) is 5. The van der Waals surface area contributed by atoms with Crippen molar-refractivity contribution in [1.82, 2.24) is 19.5 Å². The summed E-state index contributed by atoms with van der Waals surface area (Å²) in [5.74, 6) is 0.540. The van der Waals surface area contributed by atoms with Gasteiger partial charge in [-0.25, -0.2) is 15.0 Å². The van der Waals surface area contributed by atoms with Crippen LogP contribution in [0.5, 0.6) is 0 Å². The number of fused-ring (bicyclic) bond motifs is 1. The van der Waals surface area contributed by atoms with Gasteiger partial charge in [0.2, 0.25) is 0 Å². The summed E-state index contributed by atoms with van der Waals surface area (Å²) >= 11 is 0. The number of hydrogen-bond acceptors (Lipinski definition) is 9. The summed E-state index contributed by atoms with van der Waals surface area (Å²) < 4.78 is 7.11. The molecular weight excluding hydrogens is 378 g/mol. The molecule has 4 atom stereocenters. The highest BCUT2D eigenvalue weighted by atomic mass is 16.6. The van der Waals surface area contributed by atoms with Gasteiger partial charge in [-0.3, -0.25) is 4.57 Å². The zero-order valence-corrected chi connectivity index (χ0v) is 15.6. The van der Waals surface area contributed by atoms with Crippen LogP contribution in [0.1, 0.15) is 11.8 Å². The summed E-state index contributed by atoms with van der Waals surface area (Å²) in [5.41, 5.74) is 1.95. The third kappa shape index (κ3) is 3.68. The molecule has 0 spiro atoms. The lowest BCUT2D eigenvalue weighted by atomic mass is 10.1. The van der Waals surface area contributed by atoms with Crippen LogP contribution in [0, 0.1) is 0 Å². The first-order valence-corrected chi connectivity index (χ1v) is 9.33. The molecule has 4 rings (SSSR count). The van der Waals surface area contributed by atoms with E-state index in [-0.39, 0.29) is 6.61 Å². The third-order valence-electron chi connectivity index (χ3n) is 5.02. The minimum Gasteiger partial charge on any atom is -0.395 e. The van der Waals surface area contributed by atoms with E-state index in [1.807, 2.05) is 35.2 Å². The minimum atomic E-state index is -1.24. The molecule has 2 aromatic heterocycles. The molecule has 1 fully saturated rings. The Labute approximate surface area is 166 Å². The van der Waals surface area contributed by atoms with E-state index in [2.05, 4.69) is 15.0 Å². The predicted octanol–water partition coefficient (Wildman–Crippen LogP) is -0.563. The van der Waals surface area contributed by atoms with Gasteiger partial charge in [0.15, 0.2) is 23.2 Å². The lowest BCUT2D eigenvalue weighted by Gasteiger charge is -2.23. The molecule has 4 N–H and O–H groups in total. The monoisotopic (exact) mass is 401 g/mol. The molecule has 0 amide bonds. The van der Waals surface area contributed by atoms with Gasteiger partial charge < -0.3 is 30.1 Å². The Morgan fingerprint density at radius 3 is 2.52 bits per heavy atom.